The number of fused-ring (bicyclic) bond motifs is 1. The standard InChI is InChI=1S/C20H23IN2O/c21-18-8-4-5-15-13-20(24)19(14-17(15)18)23-11-9-22(10-12-23)16-6-2-1-3-7-16/h1-8,19-20,24H,9-14H2. The molecule has 2 aliphatic rings. The Kier molecular flexibility index (Phi) is 4.79. The molecule has 126 valence electrons. The number of halogens is 1. The van der Waals surface area contributed by atoms with E-state index in [0.29, 0.717) is 0 Å². The molecule has 2 aromatic carbocycles. The lowest BCUT2D eigenvalue weighted by atomic mass is 9.85. The SMILES string of the molecule is OC1Cc2cccc(I)c2CC1N1CCN(c2ccccc2)CC1. The molecule has 24 heavy (non-hydrogen) atoms. The molecule has 1 fully saturated rings. The summed E-state index contributed by atoms with van der Waals surface area (Å²) >= 11 is 2.43. The molecule has 2 atom stereocenters. The lowest BCUT2D eigenvalue weighted by Gasteiger charge is -2.43. The Morgan fingerprint density at radius 2 is 1.62 bits per heavy atom. The number of anilines is 1. The van der Waals surface area contributed by atoms with Crippen molar-refractivity contribution in [2.24, 2.45) is 0 Å². The zero-order valence-corrected chi connectivity index (χ0v) is 15.9. The van der Waals surface area contributed by atoms with Crippen LogP contribution in [-0.2, 0) is 12.8 Å². The number of aliphatic hydroxyl groups is 1. The van der Waals surface area contributed by atoms with Crippen LogP contribution >= 0.6 is 22.6 Å². The van der Waals surface area contributed by atoms with Crippen molar-refractivity contribution in [1.82, 2.24) is 4.90 Å². The molecule has 0 aromatic heterocycles. The molecule has 0 radical (unpaired) electrons. The van der Waals surface area contributed by atoms with Gasteiger partial charge in [-0.15, -0.1) is 0 Å². The molecule has 1 heterocycles. The number of hydrogen-bond acceptors (Lipinski definition) is 3. The van der Waals surface area contributed by atoms with Gasteiger partial charge in [0.1, 0.15) is 0 Å². The maximum atomic E-state index is 10.7. The van der Waals surface area contributed by atoms with Gasteiger partial charge >= 0.3 is 0 Å². The number of hydrogen-bond donors (Lipinski definition) is 1. The summed E-state index contributed by atoms with van der Waals surface area (Å²) in [7, 11) is 0. The first-order valence-corrected chi connectivity index (χ1v) is 9.78. The van der Waals surface area contributed by atoms with Crippen LogP contribution in [0.15, 0.2) is 48.5 Å². The summed E-state index contributed by atoms with van der Waals surface area (Å²) in [5, 5.41) is 10.7. The Bertz CT molecular complexity index is 698. The van der Waals surface area contributed by atoms with Crippen molar-refractivity contribution < 1.29 is 5.11 Å². The molecule has 4 rings (SSSR count). The smallest absolute Gasteiger partial charge is 0.0739 e. The minimum absolute atomic E-state index is 0.251. The van der Waals surface area contributed by atoms with Gasteiger partial charge in [-0.1, -0.05) is 30.3 Å². The monoisotopic (exact) mass is 434 g/mol. The second-order valence-electron chi connectivity index (χ2n) is 6.78. The van der Waals surface area contributed by atoms with Crippen molar-refractivity contribution in [2.75, 3.05) is 31.1 Å². The average Bonchev–Trinajstić information content (AvgIpc) is 2.62. The number of piperazine rings is 1. The molecule has 1 N–H and O–H groups in total. The van der Waals surface area contributed by atoms with Crippen LogP contribution < -0.4 is 4.90 Å². The lowest BCUT2D eigenvalue weighted by molar-refractivity contribution is 0.0394. The van der Waals surface area contributed by atoms with Gasteiger partial charge in [0, 0.05) is 47.9 Å². The Hall–Kier alpha value is -1.11. The molecular formula is C20H23IN2O. The van der Waals surface area contributed by atoms with E-state index in [1.54, 1.807) is 0 Å². The van der Waals surface area contributed by atoms with Crippen LogP contribution in [0, 0.1) is 3.57 Å². The summed E-state index contributed by atoms with van der Waals surface area (Å²) in [6.07, 6.45) is 1.51. The van der Waals surface area contributed by atoms with Crippen molar-refractivity contribution in [3.8, 4) is 0 Å². The Morgan fingerprint density at radius 3 is 2.38 bits per heavy atom. The van der Waals surface area contributed by atoms with Gasteiger partial charge in [-0.2, -0.15) is 0 Å². The lowest BCUT2D eigenvalue weighted by Crippen LogP contribution is -2.56. The summed E-state index contributed by atoms with van der Waals surface area (Å²) in [5.74, 6) is 0. The third kappa shape index (κ3) is 3.19. The van der Waals surface area contributed by atoms with Crippen LogP contribution in [0.3, 0.4) is 0 Å². The molecule has 1 aliphatic carbocycles. The van der Waals surface area contributed by atoms with Crippen LogP contribution in [0.1, 0.15) is 11.1 Å². The van der Waals surface area contributed by atoms with Gasteiger partial charge < -0.3 is 10.0 Å². The normalized spacial score (nSPS) is 24.7. The van der Waals surface area contributed by atoms with Crippen molar-refractivity contribution >= 4 is 28.3 Å². The molecule has 0 bridgehead atoms. The van der Waals surface area contributed by atoms with Crippen LogP contribution in [0.25, 0.3) is 0 Å². The first-order valence-electron chi connectivity index (χ1n) is 8.71. The summed E-state index contributed by atoms with van der Waals surface area (Å²) in [4.78, 5) is 4.94. The molecule has 2 aromatic rings. The quantitative estimate of drug-likeness (QED) is 0.737. The average molecular weight is 434 g/mol. The van der Waals surface area contributed by atoms with Gasteiger partial charge in [-0.05, 0) is 58.3 Å². The van der Waals surface area contributed by atoms with Gasteiger partial charge in [0.2, 0.25) is 0 Å². The zero-order valence-electron chi connectivity index (χ0n) is 13.7. The van der Waals surface area contributed by atoms with Gasteiger partial charge in [0.15, 0.2) is 0 Å². The maximum Gasteiger partial charge on any atom is 0.0739 e. The van der Waals surface area contributed by atoms with E-state index in [-0.39, 0.29) is 12.1 Å². The molecule has 0 amide bonds. The number of benzene rings is 2. The number of nitrogens with zero attached hydrogens (tertiary/aromatic N) is 2. The molecular weight excluding hydrogens is 411 g/mol. The van der Waals surface area contributed by atoms with Crippen molar-refractivity contribution in [3.63, 3.8) is 0 Å². The summed E-state index contributed by atoms with van der Waals surface area (Å²) in [6.45, 7) is 4.11. The first-order chi connectivity index (χ1) is 11.7. The zero-order chi connectivity index (χ0) is 16.5. The predicted octanol–water partition coefficient (Wildman–Crippen LogP) is 2.94. The fraction of sp³-hybridized carbons (Fsp3) is 0.400. The van der Waals surface area contributed by atoms with Gasteiger partial charge in [0.25, 0.3) is 0 Å². The molecule has 2 unspecified atom stereocenters. The molecule has 0 spiro atoms. The minimum Gasteiger partial charge on any atom is -0.391 e. The van der Waals surface area contributed by atoms with Gasteiger partial charge in [-0.3, -0.25) is 4.90 Å². The topological polar surface area (TPSA) is 26.7 Å². The van der Waals surface area contributed by atoms with E-state index in [2.05, 4.69) is 80.9 Å². The van der Waals surface area contributed by atoms with Crippen LogP contribution in [0.5, 0.6) is 0 Å². The van der Waals surface area contributed by atoms with Crippen molar-refractivity contribution in [3.05, 3.63) is 63.2 Å². The fourth-order valence-electron chi connectivity index (χ4n) is 4.05. The minimum atomic E-state index is -0.251. The van der Waals surface area contributed by atoms with Crippen LogP contribution in [-0.4, -0.2) is 48.3 Å². The fourth-order valence-corrected chi connectivity index (χ4v) is 4.83. The molecule has 1 saturated heterocycles. The largest absolute Gasteiger partial charge is 0.391 e. The second kappa shape index (κ2) is 7.02. The Balaban J connectivity index is 1.45. The molecule has 0 saturated carbocycles. The predicted molar refractivity (Wildman–Crippen MR) is 107 cm³/mol. The summed E-state index contributed by atoms with van der Waals surface area (Å²) in [5.41, 5.74) is 4.08. The van der Waals surface area contributed by atoms with E-state index in [1.165, 1.54) is 20.4 Å². The number of para-hydroxylation sites is 1. The highest BCUT2D eigenvalue weighted by Gasteiger charge is 2.33. The van der Waals surface area contributed by atoms with E-state index in [1.807, 2.05) is 0 Å². The number of rotatable bonds is 2. The van der Waals surface area contributed by atoms with Crippen LogP contribution in [0.2, 0.25) is 0 Å². The van der Waals surface area contributed by atoms with Crippen molar-refractivity contribution in [2.45, 2.75) is 25.0 Å². The third-order valence-corrected chi connectivity index (χ3v) is 6.42. The molecule has 1 aliphatic heterocycles. The van der Waals surface area contributed by atoms with E-state index in [9.17, 15) is 5.11 Å². The van der Waals surface area contributed by atoms with E-state index in [0.717, 1.165) is 39.0 Å². The highest BCUT2D eigenvalue weighted by Crippen LogP contribution is 2.29. The third-order valence-electron chi connectivity index (χ3n) is 5.41. The van der Waals surface area contributed by atoms with Crippen LogP contribution in [0.4, 0.5) is 5.69 Å². The second-order valence-corrected chi connectivity index (χ2v) is 7.94. The highest BCUT2D eigenvalue weighted by molar-refractivity contribution is 14.1. The first kappa shape index (κ1) is 16.4. The Morgan fingerprint density at radius 1 is 0.875 bits per heavy atom. The Labute approximate surface area is 157 Å². The highest BCUT2D eigenvalue weighted by atomic mass is 127. The summed E-state index contributed by atoms with van der Waals surface area (Å²) in [6, 6.07) is 17.4. The van der Waals surface area contributed by atoms with Gasteiger partial charge in [0.05, 0.1) is 6.10 Å². The van der Waals surface area contributed by atoms with Gasteiger partial charge in [-0.25, -0.2) is 0 Å². The van der Waals surface area contributed by atoms with E-state index < -0.39 is 0 Å². The van der Waals surface area contributed by atoms with E-state index in [4.69, 9.17) is 0 Å². The van der Waals surface area contributed by atoms with E-state index >= 15 is 0 Å². The van der Waals surface area contributed by atoms with Crippen molar-refractivity contribution in [1.29, 1.82) is 0 Å². The number of aliphatic hydroxyl groups excluding tert-OH is 1. The molecule has 3 nitrogen and oxygen atoms in total. The summed E-state index contributed by atoms with van der Waals surface area (Å²) < 4.78 is 1.34. The molecule has 4 heteroatoms. The maximum absolute atomic E-state index is 10.7.